The highest BCUT2D eigenvalue weighted by molar-refractivity contribution is 4.83. The highest BCUT2D eigenvalue weighted by atomic mass is 16.5. The maximum Gasteiger partial charge on any atom is 0.0702 e. The molecule has 1 N–H and O–H groups in total. The van der Waals surface area contributed by atoms with E-state index in [9.17, 15) is 5.11 Å². The lowest BCUT2D eigenvalue weighted by Crippen LogP contribution is -2.46. The van der Waals surface area contributed by atoms with Crippen molar-refractivity contribution >= 4 is 0 Å². The highest BCUT2D eigenvalue weighted by Crippen LogP contribution is 2.23. The number of aliphatic hydroxyl groups excluding tert-OH is 1. The molecule has 1 heterocycles. The van der Waals surface area contributed by atoms with Crippen LogP contribution in [0.5, 0.6) is 0 Å². The van der Waals surface area contributed by atoms with E-state index in [1.807, 2.05) is 0 Å². The van der Waals surface area contributed by atoms with E-state index in [-0.39, 0.29) is 6.10 Å². The maximum absolute atomic E-state index is 9.93. The number of rotatable bonds is 3. The molecule has 2 aliphatic rings. The van der Waals surface area contributed by atoms with Crippen LogP contribution < -0.4 is 0 Å². The van der Waals surface area contributed by atoms with Crippen LogP contribution in [-0.2, 0) is 4.74 Å². The van der Waals surface area contributed by atoms with Gasteiger partial charge in [0.15, 0.2) is 0 Å². The number of nitrogens with zero attached hydrogens (tertiary/aromatic N) is 1. The Kier molecular flexibility index (Phi) is 4.00. The smallest absolute Gasteiger partial charge is 0.0702 e. The van der Waals surface area contributed by atoms with Gasteiger partial charge in [-0.05, 0) is 32.7 Å². The van der Waals surface area contributed by atoms with Crippen molar-refractivity contribution in [2.45, 2.75) is 56.8 Å². The first-order chi connectivity index (χ1) is 7.27. The summed E-state index contributed by atoms with van der Waals surface area (Å²) in [7, 11) is 2.13. The lowest BCUT2D eigenvalue weighted by molar-refractivity contribution is 0.00450. The number of aliphatic hydroxyl groups is 1. The minimum atomic E-state index is -0.120. The summed E-state index contributed by atoms with van der Waals surface area (Å²) in [5.41, 5.74) is 0. The molecule has 1 saturated carbocycles. The lowest BCUT2D eigenvalue weighted by Gasteiger charge is -2.36. The Balaban J connectivity index is 1.80. The Hall–Kier alpha value is -0.120. The van der Waals surface area contributed by atoms with Crippen molar-refractivity contribution in [2.24, 2.45) is 0 Å². The molecule has 0 aromatic rings. The fourth-order valence-electron chi connectivity index (χ4n) is 2.85. The molecule has 2 rings (SSSR count). The van der Waals surface area contributed by atoms with Gasteiger partial charge < -0.3 is 9.84 Å². The van der Waals surface area contributed by atoms with Crippen LogP contribution in [0.4, 0.5) is 0 Å². The summed E-state index contributed by atoms with van der Waals surface area (Å²) in [6.07, 6.45) is 7.24. The molecule has 2 fully saturated rings. The normalized spacial score (nSPS) is 37.4. The summed E-state index contributed by atoms with van der Waals surface area (Å²) in [6, 6.07) is 0.364. The Labute approximate surface area is 92.4 Å². The van der Waals surface area contributed by atoms with Crippen molar-refractivity contribution < 1.29 is 9.84 Å². The third-order valence-corrected chi connectivity index (χ3v) is 3.78. The fourth-order valence-corrected chi connectivity index (χ4v) is 2.85. The van der Waals surface area contributed by atoms with E-state index in [0.29, 0.717) is 12.1 Å². The second-order valence-corrected chi connectivity index (χ2v) is 4.99. The van der Waals surface area contributed by atoms with E-state index in [4.69, 9.17) is 4.74 Å². The molecule has 1 aliphatic heterocycles. The van der Waals surface area contributed by atoms with Gasteiger partial charge in [-0.15, -0.1) is 0 Å². The van der Waals surface area contributed by atoms with Crippen molar-refractivity contribution in [2.75, 3.05) is 20.2 Å². The van der Waals surface area contributed by atoms with E-state index in [2.05, 4.69) is 11.9 Å². The van der Waals surface area contributed by atoms with Gasteiger partial charge in [-0.1, -0.05) is 12.8 Å². The number of hydrogen-bond donors (Lipinski definition) is 1. The molecular formula is C12H23NO2. The van der Waals surface area contributed by atoms with Gasteiger partial charge in [0.1, 0.15) is 0 Å². The average molecular weight is 213 g/mol. The molecule has 1 aliphatic carbocycles. The van der Waals surface area contributed by atoms with Crippen molar-refractivity contribution in [3.8, 4) is 0 Å². The number of likely N-dealkylation sites (N-methyl/N-ethyl adjacent to an activating group) is 1. The predicted molar refractivity (Wildman–Crippen MR) is 59.9 cm³/mol. The summed E-state index contributed by atoms with van der Waals surface area (Å²) in [5.74, 6) is 0. The van der Waals surface area contributed by atoms with Gasteiger partial charge in [0.2, 0.25) is 0 Å². The van der Waals surface area contributed by atoms with E-state index < -0.39 is 0 Å². The number of ether oxygens (including phenoxy) is 1. The molecule has 0 amide bonds. The fraction of sp³-hybridized carbons (Fsp3) is 1.00. The van der Waals surface area contributed by atoms with Gasteiger partial charge in [0.25, 0.3) is 0 Å². The van der Waals surface area contributed by atoms with Crippen LogP contribution in [0.1, 0.15) is 38.5 Å². The summed E-state index contributed by atoms with van der Waals surface area (Å²) < 4.78 is 5.63. The lowest BCUT2D eigenvalue weighted by atomic mass is 9.91. The molecular weight excluding hydrogens is 190 g/mol. The van der Waals surface area contributed by atoms with Gasteiger partial charge in [-0.25, -0.2) is 0 Å². The Morgan fingerprint density at radius 2 is 2.00 bits per heavy atom. The first-order valence-corrected chi connectivity index (χ1v) is 6.27. The standard InChI is InChI=1S/C12H23NO2/c1-13(9-10-5-4-8-15-10)11-6-2-3-7-12(11)14/h10-12,14H,2-9H2,1H3. The topological polar surface area (TPSA) is 32.7 Å². The van der Waals surface area contributed by atoms with Crippen LogP contribution in [0, 0.1) is 0 Å². The monoisotopic (exact) mass is 213 g/mol. The third-order valence-electron chi connectivity index (χ3n) is 3.78. The van der Waals surface area contributed by atoms with Crippen LogP contribution in [0.3, 0.4) is 0 Å². The van der Waals surface area contributed by atoms with Crippen LogP contribution >= 0.6 is 0 Å². The average Bonchev–Trinajstić information content (AvgIpc) is 2.71. The molecule has 0 bridgehead atoms. The van der Waals surface area contributed by atoms with Crippen LogP contribution in [-0.4, -0.2) is 48.5 Å². The Morgan fingerprint density at radius 1 is 1.20 bits per heavy atom. The van der Waals surface area contributed by atoms with Gasteiger partial charge in [-0.2, -0.15) is 0 Å². The zero-order valence-corrected chi connectivity index (χ0v) is 9.69. The van der Waals surface area contributed by atoms with Gasteiger partial charge >= 0.3 is 0 Å². The molecule has 3 nitrogen and oxygen atoms in total. The second kappa shape index (κ2) is 5.28. The Bertz CT molecular complexity index is 192. The van der Waals surface area contributed by atoms with E-state index in [1.165, 1.54) is 25.7 Å². The van der Waals surface area contributed by atoms with Crippen LogP contribution in [0.2, 0.25) is 0 Å². The molecule has 0 spiro atoms. The summed E-state index contributed by atoms with van der Waals surface area (Å²) in [6.45, 7) is 1.91. The zero-order chi connectivity index (χ0) is 10.7. The van der Waals surface area contributed by atoms with Crippen molar-refractivity contribution in [1.29, 1.82) is 0 Å². The van der Waals surface area contributed by atoms with Gasteiger partial charge in [-0.3, -0.25) is 4.90 Å². The second-order valence-electron chi connectivity index (χ2n) is 4.99. The minimum absolute atomic E-state index is 0.120. The largest absolute Gasteiger partial charge is 0.391 e. The molecule has 0 radical (unpaired) electrons. The molecule has 15 heavy (non-hydrogen) atoms. The van der Waals surface area contributed by atoms with Crippen LogP contribution in [0.15, 0.2) is 0 Å². The van der Waals surface area contributed by atoms with Gasteiger partial charge in [0, 0.05) is 19.2 Å². The van der Waals surface area contributed by atoms with Crippen molar-refractivity contribution in [3.05, 3.63) is 0 Å². The van der Waals surface area contributed by atoms with E-state index >= 15 is 0 Å². The number of hydrogen-bond acceptors (Lipinski definition) is 3. The zero-order valence-electron chi connectivity index (χ0n) is 9.69. The van der Waals surface area contributed by atoms with Crippen LogP contribution in [0.25, 0.3) is 0 Å². The highest BCUT2D eigenvalue weighted by Gasteiger charge is 2.28. The van der Waals surface area contributed by atoms with E-state index in [1.54, 1.807) is 0 Å². The molecule has 3 heteroatoms. The minimum Gasteiger partial charge on any atom is -0.391 e. The van der Waals surface area contributed by atoms with Gasteiger partial charge in [0.05, 0.1) is 12.2 Å². The molecule has 3 unspecified atom stereocenters. The molecule has 1 saturated heterocycles. The third kappa shape index (κ3) is 2.92. The molecule has 88 valence electrons. The van der Waals surface area contributed by atoms with Crippen molar-refractivity contribution in [1.82, 2.24) is 4.90 Å². The predicted octanol–water partition coefficient (Wildman–Crippen LogP) is 1.40. The quantitative estimate of drug-likeness (QED) is 0.769. The van der Waals surface area contributed by atoms with E-state index in [0.717, 1.165) is 26.0 Å². The molecule has 3 atom stereocenters. The summed E-state index contributed by atoms with van der Waals surface area (Å²) in [4.78, 5) is 2.31. The maximum atomic E-state index is 9.93. The SMILES string of the molecule is CN(CC1CCCO1)C1CCCCC1O. The summed E-state index contributed by atoms with van der Waals surface area (Å²) >= 11 is 0. The molecule has 0 aromatic carbocycles. The Morgan fingerprint density at radius 3 is 2.67 bits per heavy atom. The van der Waals surface area contributed by atoms with Crippen molar-refractivity contribution in [3.63, 3.8) is 0 Å². The summed E-state index contributed by atoms with van der Waals surface area (Å²) in [5, 5.41) is 9.93. The first kappa shape index (κ1) is 11.4. The first-order valence-electron chi connectivity index (χ1n) is 6.27. The molecule has 0 aromatic heterocycles.